The van der Waals surface area contributed by atoms with Crippen molar-refractivity contribution in [2.24, 2.45) is 5.92 Å². The van der Waals surface area contributed by atoms with Crippen LogP contribution in [-0.4, -0.2) is 22.2 Å². The first-order valence-electron chi connectivity index (χ1n) is 6.22. The van der Waals surface area contributed by atoms with Gasteiger partial charge < -0.3 is 10.4 Å². The molecule has 1 rings (SSSR count). The van der Waals surface area contributed by atoms with Crippen molar-refractivity contribution in [1.82, 2.24) is 0 Å². The topological polar surface area (TPSA) is 75.4 Å². The van der Waals surface area contributed by atoms with Crippen molar-refractivity contribution in [3.05, 3.63) is 32.5 Å². The summed E-state index contributed by atoms with van der Waals surface area (Å²) < 4.78 is 13.5. The molecular formula is C13H18BrFN2O3. The monoisotopic (exact) mass is 348 g/mol. The zero-order valence-electron chi connectivity index (χ0n) is 11.6. The molecule has 0 radical (unpaired) electrons. The first-order chi connectivity index (χ1) is 9.12. The van der Waals surface area contributed by atoms with Gasteiger partial charge in [0, 0.05) is 6.54 Å². The van der Waals surface area contributed by atoms with Crippen LogP contribution in [0, 0.1) is 21.8 Å². The van der Waals surface area contributed by atoms with E-state index in [9.17, 15) is 19.6 Å². The SMILES string of the molecule is CC(C)CC(C)(O)CNc1cc(Br)c(F)cc1[N+](=O)[O-]. The number of aliphatic hydroxyl groups is 1. The summed E-state index contributed by atoms with van der Waals surface area (Å²) in [5, 5.41) is 23.9. The Labute approximate surface area is 125 Å². The van der Waals surface area contributed by atoms with Crippen molar-refractivity contribution < 1.29 is 14.4 Å². The standard InChI is InChI=1S/C13H18BrFN2O3/c1-8(2)6-13(3,18)7-16-11-4-9(14)10(15)5-12(11)17(19)20/h4-5,8,16,18H,6-7H2,1-3H3. The molecule has 0 spiro atoms. The number of anilines is 1. The molecular weight excluding hydrogens is 331 g/mol. The van der Waals surface area contributed by atoms with Gasteiger partial charge >= 0.3 is 0 Å². The van der Waals surface area contributed by atoms with Crippen molar-refractivity contribution in [1.29, 1.82) is 0 Å². The van der Waals surface area contributed by atoms with Crippen LogP contribution in [0.1, 0.15) is 27.2 Å². The lowest BCUT2D eigenvalue weighted by Crippen LogP contribution is -2.35. The van der Waals surface area contributed by atoms with Crippen LogP contribution in [0.2, 0.25) is 0 Å². The van der Waals surface area contributed by atoms with Crippen LogP contribution in [0.4, 0.5) is 15.8 Å². The summed E-state index contributed by atoms with van der Waals surface area (Å²) in [6.45, 7) is 5.76. The average molecular weight is 349 g/mol. The second-order valence-corrected chi connectivity index (χ2v) is 6.34. The molecule has 0 aliphatic heterocycles. The molecule has 0 aliphatic carbocycles. The molecule has 1 aromatic carbocycles. The first kappa shape index (κ1) is 16.8. The van der Waals surface area contributed by atoms with Crippen LogP contribution < -0.4 is 5.32 Å². The van der Waals surface area contributed by atoms with Crippen LogP contribution in [0.15, 0.2) is 16.6 Å². The number of benzene rings is 1. The number of nitro groups is 1. The summed E-state index contributed by atoms with van der Waals surface area (Å²) in [6, 6.07) is 2.16. The number of halogens is 2. The lowest BCUT2D eigenvalue weighted by Gasteiger charge is -2.26. The predicted molar refractivity (Wildman–Crippen MR) is 79.3 cm³/mol. The van der Waals surface area contributed by atoms with Gasteiger partial charge in [-0.25, -0.2) is 4.39 Å². The largest absolute Gasteiger partial charge is 0.388 e. The maximum absolute atomic E-state index is 13.3. The third kappa shape index (κ3) is 4.72. The second-order valence-electron chi connectivity index (χ2n) is 5.49. The number of nitrogens with zero attached hydrogens (tertiary/aromatic N) is 1. The number of hydrogen-bond donors (Lipinski definition) is 2. The van der Waals surface area contributed by atoms with Gasteiger partial charge in [0.05, 0.1) is 21.1 Å². The van der Waals surface area contributed by atoms with Crippen LogP contribution in [0.5, 0.6) is 0 Å². The fourth-order valence-corrected chi connectivity index (χ4v) is 2.41. The Balaban J connectivity index is 2.92. The minimum absolute atomic E-state index is 0.133. The van der Waals surface area contributed by atoms with Gasteiger partial charge in [-0.3, -0.25) is 10.1 Å². The summed E-state index contributed by atoms with van der Waals surface area (Å²) in [5.41, 5.74) is -1.18. The third-order valence-corrected chi connectivity index (χ3v) is 3.35. The van der Waals surface area contributed by atoms with E-state index in [1.807, 2.05) is 13.8 Å². The zero-order valence-corrected chi connectivity index (χ0v) is 13.2. The molecule has 0 bridgehead atoms. The molecule has 0 aromatic heterocycles. The van der Waals surface area contributed by atoms with Gasteiger partial charge in [-0.05, 0) is 41.3 Å². The Morgan fingerprint density at radius 2 is 2.15 bits per heavy atom. The Morgan fingerprint density at radius 1 is 1.55 bits per heavy atom. The number of hydrogen-bond acceptors (Lipinski definition) is 4. The highest BCUT2D eigenvalue weighted by molar-refractivity contribution is 9.10. The summed E-state index contributed by atoms with van der Waals surface area (Å²) in [6.07, 6.45) is 0.552. The maximum atomic E-state index is 13.3. The van der Waals surface area contributed by atoms with Gasteiger partial charge in [-0.1, -0.05) is 13.8 Å². The Hall–Kier alpha value is -1.21. The van der Waals surface area contributed by atoms with E-state index in [2.05, 4.69) is 21.2 Å². The molecule has 2 N–H and O–H groups in total. The molecule has 1 unspecified atom stereocenters. The van der Waals surface area contributed by atoms with E-state index in [1.54, 1.807) is 6.92 Å². The fraction of sp³-hybridized carbons (Fsp3) is 0.538. The molecule has 0 heterocycles. The van der Waals surface area contributed by atoms with Crippen molar-refractivity contribution in [2.75, 3.05) is 11.9 Å². The Bertz CT molecular complexity index is 507. The smallest absolute Gasteiger partial charge is 0.295 e. The van der Waals surface area contributed by atoms with E-state index >= 15 is 0 Å². The quantitative estimate of drug-likeness (QED) is 0.607. The molecule has 20 heavy (non-hydrogen) atoms. The number of nitro benzene ring substituents is 1. The Morgan fingerprint density at radius 3 is 2.65 bits per heavy atom. The summed E-state index contributed by atoms with van der Waals surface area (Å²) in [7, 11) is 0. The van der Waals surface area contributed by atoms with E-state index < -0.39 is 16.3 Å². The number of rotatable bonds is 6. The minimum Gasteiger partial charge on any atom is -0.388 e. The van der Waals surface area contributed by atoms with Crippen LogP contribution in [0.3, 0.4) is 0 Å². The molecule has 0 fully saturated rings. The summed E-state index contributed by atoms with van der Waals surface area (Å²) in [4.78, 5) is 10.3. The van der Waals surface area contributed by atoms with Gasteiger partial charge in [-0.2, -0.15) is 0 Å². The van der Waals surface area contributed by atoms with Crippen molar-refractivity contribution in [3.63, 3.8) is 0 Å². The van der Waals surface area contributed by atoms with E-state index in [1.165, 1.54) is 6.07 Å². The lowest BCUT2D eigenvalue weighted by molar-refractivity contribution is -0.384. The van der Waals surface area contributed by atoms with E-state index in [-0.39, 0.29) is 22.4 Å². The molecule has 112 valence electrons. The molecule has 0 amide bonds. The molecule has 0 saturated carbocycles. The van der Waals surface area contributed by atoms with Gasteiger partial charge in [0.2, 0.25) is 0 Å². The van der Waals surface area contributed by atoms with Gasteiger partial charge in [0.15, 0.2) is 0 Å². The highest BCUT2D eigenvalue weighted by Gasteiger charge is 2.24. The molecule has 7 heteroatoms. The molecule has 0 saturated heterocycles. The van der Waals surface area contributed by atoms with Gasteiger partial charge in [0.1, 0.15) is 11.5 Å². The van der Waals surface area contributed by atoms with Gasteiger partial charge in [-0.15, -0.1) is 0 Å². The van der Waals surface area contributed by atoms with E-state index in [0.717, 1.165) is 6.07 Å². The molecule has 1 atom stereocenters. The highest BCUT2D eigenvalue weighted by atomic mass is 79.9. The Kier molecular flexibility index (Phi) is 5.47. The van der Waals surface area contributed by atoms with Crippen molar-refractivity contribution in [2.45, 2.75) is 32.8 Å². The van der Waals surface area contributed by atoms with Crippen LogP contribution in [0.25, 0.3) is 0 Å². The van der Waals surface area contributed by atoms with Crippen molar-refractivity contribution in [3.8, 4) is 0 Å². The number of nitrogens with one attached hydrogen (secondary N) is 1. The van der Waals surface area contributed by atoms with Crippen molar-refractivity contribution >= 4 is 27.3 Å². The highest BCUT2D eigenvalue weighted by Crippen LogP contribution is 2.31. The van der Waals surface area contributed by atoms with Crippen LogP contribution >= 0.6 is 15.9 Å². The summed E-state index contributed by atoms with van der Waals surface area (Å²) in [5.74, 6) is -0.405. The first-order valence-corrected chi connectivity index (χ1v) is 7.01. The normalized spacial score (nSPS) is 14.2. The maximum Gasteiger partial charge on any atom is 0.295 e. The third-order valence-electron chi connectivity index (χ3n) is 2.74. The van der Waals surface area contributed by atoms with E-state index in [0.29, 0.717) is 12.3 Å². The zero-order chi connectivity index (χ0) is 15.5. The van der Waals surface area contributed by atoms with E-state index in [4.69, 9.17) is 0 Å². The predicted octanol–water partition coefficient (Wildman–Crippen LogP) is 3.71. The average Bonchev–Trinajstić information content (AvgIpc) is 2.28. The fourth-order valence-electron chi connectivity index (χ4n) is 2.07. The van der Waals surface area contributed by atoms with Crippen LogP contribution in [-0.2, 0) is 0 Å². The second kappa shape index (κ2) is 6.49. The summed E-state index contributed by atoms with van der Waals surface area (Å²) >= 11 is 2.99. The lowest BCUT2D eigenvalue weighted by atomic mass is 9.94. The minimum atomic E-state index is -0.997. The molecule has 5 nitrogen and oxygen atoms in total. The van der Waals surface area contributed by atoms with Gasteiger partial charge in [0.25, 0.3) is 5.69 Å². The molecule has 1 aromatic rings. The molecule has 0 aliphatic rings.